The number of hydrogen-bond acceptors (Lipinski definition) is 1. The molecule has 2 nitrogen and oxygen atoms in total. The Hall–Kier alpha value is -4.73. The van der Waals surface area contributed by atoms with Crippen LogP contribution in [-0.4, -0.2) is 9.13 Å². The number of rotatable bonds is 2. The first-order valence-electron chi connectivity index (χ1n) is 13.3. The molecule has 39 heavy (non-hydrogen) atoms. The fourth-order valence-electron chi connectivity index (χ4n) is 6.48. The number of nitrogens with zero attached hydrogens (tertiary/aromatic N) is 2. The summed E-state index contributed by atoms with van der Waals surface area (Å²) in [5, 5.41) is 5.18. The van der Waals surface area contributed by atoms with Crippen molar-refractivity contribution < 1.29 is 0 Å². The van der Waals surface area contributed by atoms with Crippen molar-refractivity contribution in [3.8, 4) is 22.5 Å². The van der Waals surface area contributed by atoms with Gasteiger partial charge in [-0.25, -0.2) is 0 Å². The summed E-state index contributed by atoms with van der Waals surface area (Å²) in [5.74, 6) is 0. The van der Waals surface area contributed by atoms with Crippen LogP contribution < -0.4 is 0 Å². The van der Waals surface area contributed by atoms with Crippen LogP contribution in [0.4, 0.5) is 0 Å². The summed E-state index contributed by atoms with van der Waals surface area (Å²) in [4.78, 5) is 2.61. The van der Waals surface area contributed by atoms with Gasteiger partial charge in [0.15, 0.2) is 0 Å². The molecule has 3 heterocycles. The highest BCUT2D eigenvalue weighted by Crippen LogP contribution is 2.48. The van der Waals surface area contributed by atoms with E-state index in [1.54, 1.807) is 0 Å². The van der Waals surface area contributed by atoms with Crippen molar-refractivity contribution in [3.05, 3.63) is 133 Å². The second-order valence-electron chi connectivity index (χ2n) is 10.2. The van der Waals surface area contributed by atoms with E-state index in [4.69, 9.17) is 0 Å². The van der Waals surface area contributed by atoms with Crippen LogP contribution in [0.15, 0.2) is 143 Å². The molecule has 0 N–H and O–H groups in total. The van der Waals surface area contributed by atoms with Crippen molar-refractivity contribution in [2.24, 2.45) is 0 Å². The summed E-state index contributed by atoms with van der Waals surface area (Å²) in [6, 6.07) is 48.7. The van der Waals surface area contributed by atoms with E-state index in [0.29, 0.717) is 0 Å². The summed E-state index contributed by atoms with van der Waals surface area (Å²) < 4.78 is 4.87. The molecule has 1 aliphatic heterocycles. The molecule has 6 aromatic carbocycles. The number of para-hydroxylation sites is 5. The third-order valence-electron chi connectivity index (χ3n) is 8.12. The molecule has 0 atom stereocenters. The number of fused-ring (bicyclic) bond motifs is 8. The first-order valence-corrected chi connectivity index (χ1v) is 14.1. The van der Waals surface area contributed by atoms with Gasteiger partial charge in [-0.3, -0.25) is 0 Å². The lowest BCUT2D eigenvalue weighted by atomic mass is 10.0. The van der Waals surface area contributed by atoms with E-state index in [-0.39, 0.29) is 0 Å². The first kappa shape index (κ1) is 21.2. The molecule has 0 saturated carbocycles. The molecule has 0 aliphatic carbocycles. The monoisotopic (exact) mass is 514 g/mol. The Bertz CT molecular complexity index is 2200. The van der Waals surface area contributed by atoms with Crippen LogP contribution in [0.2, 0.25) is 0 Å². The Morgan fingerprint density at radius 1 is 0.410 bits per heavy atom. The van der Waals surface area contributed by atoms with E-state index in [2.05, 4.69) is 143 Å². The Balaban J connectivity index is 1.29. The second kappa shape index (κ2) is 7.89. The smallest absolute Gasteiger partial charge is 0.0681 e. The maximum Gasteiger partial charge on any atom is 0.0681 e. The lowest BCUT2D eigenvalue weighted by Gasteiger charge is -2.20. The lowest BCUT2D eigenvalue weighted by molar-refractivity contribution is 1.09. The number of benzene rings is 6. The van der Waals surface area contributed by atoms with Crippen molar-refractivity contribution in [3.63, 3.8) is 0 Å². The van der Waals surface area contributed by atoms with Crippen molar-refractivity contribution in [2.75, 3.05) is 0 Å². The largest absolute Gasteiger partial charge is 0.309 e. The molecule has 9 rings (SSSR count). The SMILES string of the molecule is c1ccc2c(c1)Sc1cccc3c4cccc(-c5ccc(-n6c7ccccc7c7ccccc76)cc5)c4n-2c13. The molecule has 1 aliphatic rings. The zero-order valence-corrected chi connectivity index (χ0v) is 21.8. The van der Waals surface area contributed by atoms with E-state index in [1.165, 1.54) is 75.9 Å². The molecule has 3 heteroatoms. The summed E-state index contributed by atoms with van der Waals surface area (Å²) in [6.07, 6.45) is 0. The van der Waals surface area contributed by atoms with Crippen LogP contribution in [0.25, 0.3) is 66.1 Å². The highest BCUT2D eigenvalue weighted by molar-refractivity contribution is 7.99. The molecule has 0 unspecified atom stereocenters. The van der Waals surface area contributed by atoms with Gasteiger partial charge >= 0.3 is 0 Å². The predicted molar refractivity (Wildman–Crippen MR) is 165 cm³/mol. The van der Waals surface area contributed by atoms with Gasteiger partial charge in [0.1, 0.15) is 0 Å². The summed E-state index contributed by atoms with van der Waals surface area (Å²) in [5.41, 5.74) is 9.97. The zero-order valence-electron chi connectivity index (χ0n) is 21.0. The van der Waals surface area contributed by atoms with E-state index < -0.39 is 0 Å². The zero-order chi connectivity index (χ0) is 25.5. The molecule has 0 amide bonds. The molecule has 182 valence electrons. The highest BCUT2D eigenvalue weighted by Gasteiger charge is 2.24. The van der Waals surface area contributed by atoms with Gasteiger partial charge in [-0.05, 0) is 48.0 Å². The minimum Gasteiger partial charge on any atom is -0.309 e. The Morgan fingerprint density at radius 2 is 1.00 bits per heavy atom. The molecule has 0 saturated heterocycles. The standard InChI is InChI=1S/C36H22N2S/c1-3-14-30-26(9-1)27-10-2-4-15-31(27)37(30)24-21-19-23(20-22-24)25-11-7-12-28-29-13-8-18-34-36(29)38(35(25)28)32-16-5-6-17-33(32)39-34/h1-22H. The van der Waals surface area contributed by atoms with Crippen LogP contribution in [-0.2, 0) is 0 Å². The summed E-state index contributed by atoms with van der Waals surface area (Å²) in [6.45, 7) is 0. The summed E-state index contributed by atoms with van der Waals surface area (Å²) >= 11 is 1.87. The number of aromatic nitrogens is 2. The van der Waals surface area contributed by atoms with Crippen LogP contribution in [0.5, 0.6) is 0 Å². The molecule has 0 bridgehead atoms. The Kier molecular flexibility index (Phi) is 4.29. The van der Waals surface area contributed by atoms with Gasteiger partial charge in [0, 0.05) is 42.6 Å². The van der Waals surface area contributed by atoms with Gasteiger partial charge in [0.2, 0.25) is 0 Å². The quantitative estimate of drug-likeness (QED) is 0.223. The van der Waals surface area contributed by atoms with E-state index in [0.717, 1.165) is 0 Å². The highest BCUT2D eigenvalue weighted by atomic mass is 32.2. The van der Waals surface area contributed by atoms with Gasteiger partial charge < -0.3 is 9.13 Å². The van der Waals surface area contributed by atoms with E-state index >= 15 is 0 Å². The molecule has 2 aromatic heterocycles. The normalized spacial score (nSPS) is 12.5. The van der Waals surface area contributed by atoms with Crippen LogP contribution in [0.3, 0.4) is 0 Å². The van der Waals surface area contributed by atoms with E-state index in [9.17, 15) is 0 Å². The Morgan fingerprint density at radius 3 is 1.77 bits per heavy atom. The predicted octanol–water partition coefficient (Wildman–Crippen LogP) is 10.0. The maximum absolute atomic E-state index is 2.49. The molecular formula is C36H22N2S. The topological polar surface area (TPSA) is 9.86 Å². The lowest BCUT2D eigenvalue weighted by Crippen LogP contribution is -2.02. The minimum absolute atomic E-state index is 1.18. The molecule has 8 aromatic rings. The van der Waals surface area contributed by atoms with Crippen molar-refractivity contribution >= 4 is 55.4 Å². The van der Waals surface area contributed by atoms with Crippen LogP contribution in [0, 0.1) is 0 Å². The molecule has 0 spiro atoms. The van der Waals surface area contributed by atoms with Gasteiger partial charge in [-0.2, -0.15) is 0 Å². The fourth-order valence-corrected chi connectivity index (χ4v) is 7.57. The third-order valence-corrected chi connectivity index (χ3v) is 9.23. The van der Waals surface area contributed by atoms with Crippen LogP contribution >= 0.6 is 11.8 Å². The minimum atomic E-state index is 1.18. The molecule has 0 radical (unpaired) electrons. The fraction of sp³-hybridized carbons (Fsp3) is 0. The van der Waals surface area contributed by atoms with E-state index in [1.807, 2.05) is 11.8 Å². The number of hydrogen-bond donors (Lipinski definition) is 0. The van der Waals surface area contributed by atoms with Gasteiger partial charge in [-0.15, -0.1) is 0 Å². The molecular weight excluding hydrogens is 492 g/mol. The van der Waals surface area contributed by atoms with Gasteiger partial charge in [-0.1, -0.05) is 103 Å². The third kappa shape index (κ3) is 2.88. The van der Waals surface area contributed by atoms with Crippen molar-refractivity contribution in [1.29, 1.82) is 0 Å². The van der Waals surface area contributed by atoms with Gasteiger partial charge in [0.05, 0.1) is 27.8 Å². The Labute approximate surface area is 229 Å². The van der Waals surface area contributed by atoms with Crippen molar-refractivity contribution in [2.45, 2.75) is 9.79 Å². The van der Waals surface area contributed by atoms with Gasteiger partial charge in [0.25, 0.3) is 0 Å². The average molecular weight is 515 g/mol. The molecule has 0 fully saturated rings. The van der Waals surface area contributed by atoms with Crippen LogP contribution in [0.1, 0.15) is 0 Å². The average Bonchev–Trinajstić information content (AvgIpc) is 3.52. The second-order valence-corrected chi connectivity index (χ2v) is 11.3. The first-order chi connectivity index (χ1) is 19.4. The van der Waals surface area contributed by atoms with Crippen molar-refractivity contribution in [1.82, 2.24) is 9.13 Å². The maximum atomic E-state index is 2.49. The summed E-state index contributed by atoms with van der Waals surface area (Å²) in [7, 11) is 0.